The molecule has 0 aliphatic rings. The van der Waals surface area contributed by atoms with E-state index in [0.717, 1.165) is 5.69 Å². The van der Waals surface area contributed by atoms with E-state index in [1.807, 2.05) is 27.7 Å². The molecule has 0 radical (unpaired) electrons. The number of aryl methyl sites for hydroxylation is 1. The minimum Gasteiger partial charge on any atom is -0.294 e. The summed E-state index contributed by atoms with van der Waals surface area (Å²) < 4.78 is 0. The zero-order valence-corrected chi connectivity index (χ0v) is 9.64. The molecule has 3 heteroatoms. The summed E-state index contributed by atoms with van der Waals surface area (Å²) in [6, 6.07) is 3.38. The molecule has 0 saturated heterocycles. The van der Waals surface area contributed by atoms with Crippen molar-refractivity contribution in [2.75, 3.05) is 0 Å². The molecular weight excluding hydrogens is 198 g/mol. The van der Waals surface area contributed by atoms with Crippen LogP contribution in [-0.2, 0) is 0 Å². The number of Topliss-reactive ketones (excluding diaryl/α,β-unsaturated/α-hetero) is 1. The molecule has 0 bridgehead atoms. The average Bonchev–Trinajstić information content (AvgIpc) is 1.99. The number of halogens is 1. The van der Waals surface area contributed by atoms with Gasteiger partial charge in [0, 0.05) is 16.7 Å². The molecule has 2 nitrogen and oxygen atoms in total. The van der Waals surface area contributed by atoms with E-state index in [0.29, 0.717) is 10.7 Å². The predicted molar refractivity (Wildman–Crippen MR) is 57.8 cm³/mol. The minimum absolute atomic E-state index is 0.0879. The van der Waals surface area contributed by atoms with E-state index in [1.54, 1.807) is 12.1 Å². The van der Waals surface area contributed by atoms with Gasteiger partial charge in [-0.15, -0.1) is 0 Å². The van der Waals surface area contributed by atoms with E-state index in [2.05, 4.69) is 4.98 Å². The monoisotopic (exact) mass is 211 g/mol. The quantitative estimate of drug-likeness (QED) is 0.527. The van der Waals surface area contributed by atoms with E-state index >= 15 is 0 Å². The van der Waals surface area contributed by atoms with E-state index < -0.39 is 0 Å². The number of carbonyl (C=O) groups is 1. The SMILES string of the molecule is Cc1cc(C(=O)C(C)(C)C)cc(Cl)n1. The molecular formula is C11H14ClNO. The third kappa shape index (κ3) is 2.55. The summed E-state index contributed by atoms with van der Waals surface area (Å²) in [4.78, 5) is 15.9. The standard InChI is InChI=1S/C11H14ClNO/c1-7-5-8(6-9(12)13-7)10(14)11(2,3)4/h5-6H,1-4H3. The summed E-state index contributed by atoms with van der Waals surface area (Å²) in [5.41, 5.74) is 1.03. The largest absolute Gasteiger partial charge is 0.294 e. The lowest BCUT2D eigenvalue weighted by molar-refractivity contribution is 0.0858. The fraction of sp³-hybridized carbons (Fsp3) is 0.455. The van der Waals surface area contributed by atoms with Gasteiger partial charge in [0.2, 0.25) is 0 Å². The van der Waals surface area contributed by atoms with Gasteiger partial charge in [0.25, 0.3) is 0 Å². The summed E-state index contributed by atoms with van der Waals surface area (Å²) in [6.07, 6.45) is 0. The number of pyridine rings is 1. The summed E-state index contributed by atoms with van der Waals surface area (Å²) >= 11 is 5.78. The molecule has 0 aliphatic carbocycles. The smallest absolute Gasteiger partial charge is 0.168 e. The van der Waals surface area contributed by atoms with Crippen molar-refractivity contribution in [3.05, 3.63) is 28.5 Å². The number of ketones is 1. The van der Waals surface area contributed by atoms with E-state index in [-0.39, 0.29) is 11.2 Å². The average molecular weight is 212 g/mol. The highest BCUT2D eigenvalue weighted by Gasteiger charge is 2.23. The predicted octanol–water partition coefficient (Wildman–Crippen LogP) is 3.27. The Labute approximate surface area is 89.3 Å². The van der Waals surface area contributed by atoms with Gasteiger partial charge in [-0.3, -0.25) is 4.79 Å². The molecule has 0 aromatic carbocycles. The summed E-state index contributed by atoms with van der Waals surface area (Å²) in [5, 5.41) is 0.373. The van der Waals surface area contributed by atoms with Crippen LogP contribution in [0.15, 0.2) is 12.1 Å². The topological polar surface area (TPSA) is 30.0 Å². The van der Waals surface area contributed by atoms with E-state index in [4.69, 9.17) is 11.6 Å². The maximum absolute atomic E-state index is 11.9. The Hall–Kier alpha value is -0.890. The molecule has 1 heterocycles. The van der Waals surface area contributed by atoms with Crippen LogP contribution in [0.2, 0.25) is 5.15 Å². The lowest BCUT2D eigenvalue weighted by Gasteiger charge is -2.16. The maximum Gasteiger partial charge on any atom is 0.168 e. The van der Waals surface area contributed by atoms with Gasteiger partial charge in [-0.05, 0) is 19.1 Å². The van der Waals surface area contributed by atoms with Gasteiger partial charge in [-0.1, -0.05) is 32.4 Å². The van der Waals surface area contributed by atoms with Crippen LogP contribution in [0.25, 0.3) is 0 Å². The molecule has 0 saturated carbocycles. The van der Waals surface area contributed by atoms with Crippen molar-refractivity contribution in [2.45, 2.75) is 27.7 Å². The van der Waals surface area contributed by atoms with Crippen LogP contribution in [0.5, 0.6) is 0 Å². The molecule has 0 aliphatic heterocycles. The van der Waals surface area contributed by atoms with Crippen molar-refractivity contribution in [1.82, 2.24) is 4.98 Å². The molecule has 0 atom stereocenters. The molecule has 0 unspecified atom stereocenters. The van der Waals surface area contributed by atoms with Crippen LogP contribution < -0.4 is 0 Å². The molecule has 76 valence electrons. The van der Waals surface area contributed by atoms with Crippen LogP contribution in [-0.4, -0.2) is 10.8 Å². The Morgan fingerprint density at radius 2 is 1.93 bits per heavy atom. The first-order valence-electron chi connectivity index (χ1n) is 4.50. The molecule has 0 amide bonds. The van der Waals surface area contributed by atoms with Crippen LogP contribution >= 0.6 is 11.6 Å². The third-order valence-corrected chi connectivity index (χ3v) is 2.06. The highest BCUT2D eigenvalue weighted by Crippen LogP contribution is 2.22. The summed E-state index contributed by atoms with van der Waals surface area (Å²) in [7, 11) is 0. The molecule has 0 N–H and O–H groups in total. The van der Waals surface area contributed by atoms with Crippen molar-refractivity contribution in [1.29, 1.82) is 0 Å². The highest BCUT2D eigenvalue weighted by molar-refractivity contribution is 6.29. The van der Waals surface area contributed by atoms with Crippen molar-refractivity contribution in [3.8, 4) is 0 Å². The fourth-order valence-corrected chi connectivity index (χ4v) is 1.44. The molecule has 0 fully saturated rings. The van der Waals surface area contributed by atoms with Crippen molar-refractivity contribution >= 4 is 17.4 Å². The van der Waals surface area contributed by atoms with Gasteiger partial charge >= 0.3 is 0 Å². The third-order valence-electron chi connectivity index (χ3n) is 1.87. The molecule has 1 aromatic heterocycles. The van der Waals surface area contributed by atoms with Crippen LogP contribution in [0.4, 0.5) is 0 Å². The first-order valence-corrected chi connectivity index (χ1v) is 4.87. The van der Waals surface area contributed by atoms with Crippen molar-refractivity contribution in [3.63, 3.8) is 0 Å². The zero-order valence-electron chi connectivity index (χ0n) is 8.89. The van der Waals surface area contributed by atoms with E-state index in [9.17, 15) is 4.79 Å². The van der Waals surface area contributed by atoms with E-state index in [1.165, 1.54) is 0 Å². The first kappa shape index (κ1) is 11.2. The second-order valence-corrected chi connectivity index (χ2v) is 4.79. The Morgan fingerprint density at radius 1 is 1.36 bits per heavy atom. The molecule has 14 heavy (non-hydrogen) atoms. The van der Waals surface area contributed by atoms with Gasteiger partial charge in [0.05, 0.1) is 0 Å². The lowest BCUT2D eigenvalue weighted by atomic mass is 9.87. The number of rotatable bonds is 1. The van der Waals surface area contributed by atoms with Crippen LogP contribution in [0, 0.1) is 12.3 Å². The Morgan fingerprint density at radius 3 is 2.36 bits per heavy atom. The van der Waals surface area contributed by atoms with Gasteiger partial charge in [0.1, 0.15) is 5.15 Å². The first-order chi connectivity index (χ1) is 6.30. The summed E-state index contributed by atoms with van der Waals surface area (Å²) in [6.45, 7) is 7.49. The minimum atomic E-state index is -0.378. The Balaban J connectivity index is 3.14. The maximum atomic E-state index is 11.9. The van der Waals surface area contributed by atoms with Gasteiger partial charge < -0.3 is 0 Å². The van der Waals surface area contributed by atoms with Gasteiger partial charge in [0.15, 0.2) is 5.78 Å². The number of nitrogens with zero attached hydrogens (tertiary/aromatic N) is 1. The number of hydrogen-bond donors (Lipinski definition) is 0. The Bertz CT molecular complexity index is 346. The molecule has 1 rings (SSSR count). The van der Waals surface area contributed by atoms with Crippen molar-refractivity contribution < 1.29 is 4.79 Å². The van der Waals surface area contributed by atoms with Crippen LogP contribution in [0.3, 0.4) is 0 Å². The summed E-state index contributed by atoms with van der Waals surface area (Å²) in [5.74, 6) is 0.0879. The Kier molecular flexibility index (Phi) is 2.95. The van der Waals surface area contributed by atoms with Gasteiger partial charge in [-0.2, -0.15) is 0 Å². The molecule has 1 aromatic rings. The normalized spacial score (nSPS) is 11.5. The number of hydrogen-bond acceptors (Lipinski definition) is 2. The van der Waals surface area contributed by atoms with Crippen molar-refractivity contribution in [2.24, 2.45) is 5.41 Å². The lowest BCUT2D eigenvalue weighted by Crippen LogP contribution is -2.20. The van der Waals surface area contributed by atoms with Gasteiger partial charge in [-0.25, -0.2) is 4.98 Å². The fourth-order valence-electron chi connectivity index (χ4n) is 1.19. The second-order valence-electron chi connectivity index (χ2n) is 4.40. The van der Waals surface area contributed by atoms with Crippen LogP contribution in [0.1, 0.15) is 36.8 Å². The number of carbonyl (C=O) groups excluding carboxylic acids is 1. The highest BCUT2D eigenvalue weighted by atomic mass is 35.5. The second kappa shape index (κ2) is 3.70. The zero-order chi connectivity index (χ0) is 10.9. The number of aromatic nitrogens is 1. The molecule has 0 spiro atoms.